The number of halogens is 1. The molecule has 0 spiro atoms. The van der Waals surface area contributed by atoms with E-state index in [2.05, 4.69) is 22.1 Å². The number of benzene rings is 1. The fourth-order valence-corrected chi connectivity index (χ4v) is 2.83. The molecule has 2 rings (SSSR count). The summed E-state index contributed by atoms with van der Waals surface area (Å²) in [5, 5.41) is 13.2. The Morgan fingerprint density at radius 1 is 1.33 bits per heavy atom. The van der Waals surface area contributed by atoms with Crippen molar-refractivity contribution in [1.82, 2.24) is 10.2 Å². The zero-order valence-corrected chi connectivity index (χ0v) is 17.0. The molecule has 1 aromatic rings. The van der Waals surface area contributed by atoms with Crippen molar-refractivity contribution >= 4 is 29.9 Å². The van der Waals surface area contributed by atoms with Gasteiger partial charge in [-0.15, -0.1) is 24.0 Å². The van der Waals surface area contributed by atoms with E-state index in [-0.39, 0.29) is 30.1 Å². The van der Waals surface area contributed by atoms with Crippen LogP contribution in [0.2, 0.25) is 0 Å². The number of aliphatic hydroxyl groups excluding tert-OH is 1. The van der Waals surface area contributed by atoms with Gasteiger partial charge >= 0.3 is 0 Å². The van der Waals surface area contributed by atoms with Gasteiger partial charge in [-0.05, 0) is 31.9 Å². The van der Waals surface area contributed by atoms with Crippen molar-refractivity contribution in [2.75, 3.05) is 33.3 Å². The molecular formula is C18H30IN3O2. The van der Waals surface area contributed by atoms with Crippen molar-refractivity contribution in [3.05, 3.63) is 30.3 Å². The molecule has 2 N–H and O–H groups in total. The highest BCUT2D eigenvalue weighted by atomic mass is 127. The van der Waals surface area contributed by atoms with Gasteiger partial charge in [0.25, 0.3) is 0 Å². The topological polar surface area (TPSA) is 57.1 Å². The Bertz CT molecular complexity index is 484. The Morgan fingerprint density at radius 2 is 2.08 bits per heavy atom. The lowest BCUT2D eigenvalue weighted by atomic mass is 10.1. The molecule has 5 nitrogen and oxygen atoms in total. The molecule has 0 radical (unpaired) electrons. The molecule has 2 atom stereocenters. The third-order valence-electron chi connectivity index (χ3n) is 4.23. The van der Waals surface area contributed by atoms with Gasteiger partial charge in [-0.2, -0.15) is 0 Å². The van der Waals surface area contributed by atoms with E-state index in [1.807, 2.05) is 37.4 Å². The molecule has 0 aromatic heterocycles. The van der Waals surface area contributed by atoms with Crippen LogP contribution in [-0.2, 0) is 0 Å². The first-order valence-electron chi connectivity index (χ1n) is 8.56. The number of hydrogen-bond acceptors (Lipinski definition) is 3. The molecule has 0 heterocycles. The molecule has 0 saturated heterocycles. The van der Waals surface area contributed by atoms with Gasteiger partial charge in [-0.3, -0.25) is 4.99 Å². The molecular weight excluding hydrogens is 417 g/mol. The molecule has 1 aliphatic carbocycles. The number of rotatable bonds is 7. The molecule has 136 valence electrons. The summed E-state index contributed by atoms with van der Waals surface area (Å²) >= 11 is 0. The fraction of sp³-hybridized carbons (Fsp3) is 0.611. The number of nitrogens with zero attached hydrogens (tertiary/aromatic N) is 2. The summed E-state index contributed by atoms with van der Waals surface area (Å²) in [6, 6.07) is 9.84. The van der Waals surface area contributed by atoms with Crippen LogP contribution in [0, 0.1) is 5.92 Å². The van der Waals surface area contributed by atoms with E-state index in [4.69, 9.17) is 4.74 Å². The molecule has 2 unspecified atom stereocenters. The predicted octanol–water partition coefficient (Wildman–Crippen LogP) is 2.74. The number of aliphatic imine (C=N–C) groups is 1. The summed E-state index contributed by atoms with van der Waals surface area (Å²) in [5.41, 5.74) is 0. The average Bonchev–Trinajstić information content (AvgIpc) is 2.97. The summed E-state index contributed by atoms with van der Waals surface area (Å²) in [7, 11) is 2.01. The van der Waals surface area contributed by atoms with Crippen molar-refractivity contribution in [2.45, 2.75) is 32.3 Å². The number of ether oxygens (including phenoxy) is 1. The van der Waals surface area contributed by atoms with Crippen LogP contribution < -0.4 is 10.1 Å². The lowest BCUT2D eigenvalue weighted by Gasteiger charge is -2.23. The van der Waals surface area contributed by atoms with Gasteiger partial charge in [0.05, 0.1) is 12.6 Å². The highest BCUT2D eigenvalue weighted by molar-refractivity contribution is 14.0. The molecule has 0 bridgehead atoms. The minimum absolute atomic E-state index is 0. The Balaban J connectivity index is 0.00000288. The maximum atomic E-state index is 9.91. The van der Waals surface area contributed by atoms with Crippen molar-refractivity contribution in [1.29, 1.82) is 0 Å². The highest BCUT2D eigenvalue weighted by Crippen LogP contribution is 2.25. The maximum Gasteiger partial charge on any atom is 0.193 e. The van der Waals surface area contributed by atoms with Crippen LogP contribution in [0.15, 0.2) is 35.3 Å². The number of likely N-dealkylation sites (N-methyl/N-ethyl adjacent to an activating group) is 1. The number of nitrogens with one attached hydrogen (secondary N) is 1. The monoisotopic (exact) mass is 447 g/mol. The van der Waals surface area contributed by atoms with E-state index in [9.17, 15) is 5.11 Å². The molecule has 0 amide bonds. The lowest BCUT2D eigenvalue weighted by molar-refractivity contribution is 0.136. The maximum absolute atomic E-state index is 9.91. The van der Waals surface area contributed by atoms with Crippen LogP contribution in [0.4, 0.5) is 0 Å². The highest BCUT2D eigenvalue weighted by Gasteiger charge is 2.24. The van der Waals surface area contributed by atoms with Gasteiger partial charge in [0, 0.05) is 26.1 Å². The normalized spacial score (nSPS) is 20.4. The number of aliphatic hydroxyl groups is 1. The lowest BCUT2D eigenvalue weighted by Crippen LogP contribution is -2.41. The van der Waals surface area contributed by atoms with Gasteiger partial charge in [-0.25, -0.2) is 0 Å². The molecule has 1 fully saturated rings. The smallest absolute Gasteiger partial charge is 0.193 e. The summed E-state index contributed by atoms with van der Waals surface area (Å²) in [6.45, 7) is 4.95. The fourth-order valence-electron chi connectivity index (χ4n) is 2.83. The van der Waals surface area contributed by atoms with Crippen LogP contribution >= 0.6 is 24.0 Å². The van der Waals surface area contributed by atoms with Gasteiger partial charge < -0.3 is 20.1 Å². The Hall–Kier alpha value is -1.02. The third kappa shape index (κ3) is 6.84. The Morgan fingerprint density at radius 3 is 2.71 bits per heavy atom. The van der Waals surface area contributed by atoms with E-state index >= 15 is 0 Å². The second-order valence-electron chi connectivity index (χ2n) is 6.04. The van der Waals surface area contributed by atoms with Crippen LogP contribution in [0.3, 0.4) is 0 Å². The summed E-state index contributed by atoms with van der Waals surface area (Å²) in [6.07, 6.45) is 2.91. The van der Waals surface area contributed by atoms with Crippen LogP contribution in [-0.4, -0.2) is 55.4 Å². The second kappa shape index (κ2) is 11.5. The number of guanidine groups is 1. The number of para-hydroxylation sites is 1. The van der Waals surface area contributed by atoms with Crippen LogP contribution in [0.5, 0.6) is 5.75 Å². The van der Waals surface area contributed by atoms with Crippen molar-refractivity contribution in [3.8, 4) is 5.75 Å². The molecule has 24 heavy (non-hydrogen) atoms. The molecule has 1 saturated carbocycles. The van der Waals surface area contributed by atoms with Gasteiger partial charge in [-0.1, -0.05) is 24.6 Å². The minimum Gasteiger partial charge on any atom is -0.492 e. The zero-order chi connectivity index (χ0) is 16.5. The van der Waals surface area contributed by atoms with Gasteiger partial charge in [0.1, 0.15) is 12.4 Å². The summed E-state index contributed by atoms with van der Waals surface area (Å²) < 4.78 is 5.74. The van der Waals surface area contributed by atoms with E-state index in [0.29, 0.717) is 19.1 Å². The van der Waals surface area contributed by atoms with Crippen LogP contribution in [0.25, 0.3) is 0 Å². The quantitative estimate of drug-likeness (QED) is 0.384. The first-order valence-corrected chi connectivity index (χ1v) is 8.56. The molecule has 6 heteroatoms. The summed E-state index contributed by atoms with van der Waals surface area (Å²) in [4.78, 5) is 6.76. The van der Waals surface area contributed by atoms with Crippen LogP contribution in [0.1, 0.15) is 26.2 Å². The first-order chi connectivity index (χ1) is 11.2. The second-order valence-corrected chi connectivity index (χ2v) is 6.04. The molecule has 1 aliphatic rings. The van der Waals surface area contributed by atoms with Crippen molar-refractivity contribution in [2.24, 2.45) is 10.9 Å². The predicted molar refractivity (Wildman–Crippen MR) is 109 cm³/mol. The standard InChI is InChI=1S/C18H29N3O2.HI/c1-3-19-18(20-14-15-8-7-11-17(15)22)21(2)12-13-23-16-9-5-4-6-10-16;/h4-6,9-10,15,17,22H,3,7-8,11-14H2,1-2H3,(H,19,20);1H. The molecule has 0 aliphatic heterocycles. The minimum atomic E-state index is -0.187. The van der Waals surface area contributed by atoms with Crippen molar-refractivity contribution < 1.29 is 9.84 Å². The third-order valence-corrected chi connectivity index (χ3v) is 4.23. The van der Waals surface area contributed by atoms with Crippen molar-refractivity contribution in [3.63, 3.8) is 0 Å². The van der Waals surface area contributed by atoms with Gasteiger partial charge in [0.2, 0.25) is 0 Å². The SMILES string of the molecule is CCNC(=NCC1CCCC1O)N(C)CCOc1ccccc1.I. The van der Waals surface area contributed by atoms with Gasteiger partial charge in [0.15, 0.2) is 5.96 Å². The van der Waals surface area contributed by atoms with E-state index in [0.717, 1.165) is 44.1 Å². The summed E-state index contributed by atoms with van der Waals surface area (Å²) in [5.74, 6) is 2.07. The Kier molecular flexibility index (Phi) is 10.1. The average molecular weight is 447 g/mol. The zero-order valence-electron chi connectivity index (χ0n) is 14.6. The molecule has 1 aromatic carbocycles. The Labute approximate surface area is 162 Å². The van der Waals surface area contributed by atoms with E-state index < -0.39 is 0 Å². The number of hydrogen-bond donors (Lipinski definition) is 2. The first kappa shape index (κ1) is 21.0. The van der Waals surface area contributed by atoms with E-state index in [1.165, 1.54) is 0 Å². The van der Waals surface area contributed by atoms with E-state index in [1.54, 1.807) is 0 Å². The largest absolute Gasteiger partial charge is 0.492 e.